The Balaban J connectivity index is 1.89. The standard InChI is InChI=1S/C24H22N2O6S/c1-4-32-16-8-5-14(6-9-16)21(27)19-20(15-7-10-17(30-2)18(13-15)31-3)26(23(29)22(19)28)24-25-11-12-33-24/h5-13,20,27H,4H2,1-3H3/b21-19+/t20-/m0/s1. The van der Waals surface area contributed by atoms with Crippen molar-refractivity contribution in [3.05, 3.63) is 70.7 Å². The van der Waals surface area contributed by atoms with E-state index in [2.05, 4.69) is 4.98 Å². The average Bonchev–Trinajstić information content (AvgIpc) is 3.45. The maximum absolute atomic E-state index is 13.1. The van der Waals surface area contributed by atoms with Crippen molar-refractivity contribution in [3.63, 3.8) is 0 Å². The second-order valence-electron chi connectivity index (χ2n) is 7.06. The second kappa shape index (κ2) is 9.33. The van der Waals surface area contributed by atoms with Crippen molar-refractivity contribution < 1.29 is 28.9 Å². The van der Waals surface area contributed by atoms with Crippen LogP contribution in [0, 0.1) is 0 Å². The molecule has 170 valence electrons. The first kappa shape index (κ1) is 22.3. The number of aliphatic hydroxyl groups excluding tert-OH is 1. The van der Waals surface area contributed by atoms with E-state index in [9.17, 15) is 14.7 Å². The van der Waals surface area contributed by atoms with E-state index >= 15 is 0 Å². The van der Waals surface area contributed by atoms with Crippen molar-refractivity contribution in [2.24, 2.45) is 0 Å². The van der Waals surface area contributed by atoms with Crippen LogP contribution in [-0.2, 0) is 9.59 Å². The van der Waals surface area contributed by atoms with Gasteiger partial charge in [-0.05, 0) is 48.9 Å². The number of methoxy groups -OCH3 is 2. The molecule has 0 spiro atoms. The van der Waals surface area contributed by atoms with Crippen molar-refractivity contribution in [2.75, 3.05) is 25.7 Å². The molecule has 9 heteroatoms. The summed E-state index contributed by atoms with van der Waals surface area (Å²) in [6.45, 7) is 2.38. The van der Waals surface area contributed by atoms with Crippen LogP contribution >= 0.6 is 11.3 Å². The number of thiazole rings is 1. The average molecular weight is 467 g/mol. The van der Waals surface area contributed by atoms with Gasteiger partial charge in [-0.1, -0.05) is 6.07 Å². The van der Waals surface area contributed by atoms with Crippen molar-refractivity contribution in [1.82, 2.24) is 4.98 Å². The summed E-state index contributed by atoms with van der Waals surface area (Å²) in [6, 6.07) is 10.9. The molecule has 0 aliphatic carbocycles. The van der Waals surface area contributed by atoms with Crippen LogP contribution in [0.25, 0.3) is 5.76 Å². The van der Waals surface area contributed by atoms with Gasteiger partial charge < -0.3 is 19.3 Å². The summed E-state index contributed by atoms with van der Waals surface area (Å²) in [6.07, 6.45) is 1.55. The molecule has 1 saturated heterocycles. The van der Waals surface area contributed by atoms with E-state index in [0.29, 0.717) is 40.1 Å². The van der Waals surface area contributed by atoms with Gasteiger partial charge in [0.2, 0.25) is 0 Å². The van der Waals surface area contributed by atoms with E-state index in [-0.39, 0.29) is 11.3 Å². The molecule has 8 nitrogen and oxygen atoms in total. The molecule has 2 heterocycles. The lowest BCUT2D eigenvalue weighted by Crippen LogP contribution is -2.29. The van der Waals surface area contributed by atoms with Crippen LogP contribution < -0.4 is 19.1 Å². The number of aromatic nitrogens is 1. The molecule has 0 radical (unpaired) electrons. The molecule has 0 unspecified atom stereocenters. The topological polar surface area (TPSA) is 98.2 Å². The van der Waals surface area contributed by atoms with Gasteiger partial charge in [-0.3, -0.25) is 14.5 Å². The van der Waals surface area contributed by atoms with Crippen LogP contribution in [0.3, 0.4) is 0 Å². The predicted molar refractivity (Wildman–Crippen MR) is 124 cm³/mol. The van der Waals surface area contributed by atoms with E-state index in [1.165, 1.54) is 30.5 Å². The Bertz CT molecular complexity index is 1200. The number of ketones is 1. The number of anilines is 1. The lowest BCUT2D eigenvalue weighted by molar-refractivity contribution is -0.132. The van der Waals surface area contributed by atoms with Crippen LogP contribution in [-0.4, -0.2) is 42.6 Å². The first-order chi connectivity index (χ1) is 16.0. The number of benzene rings is 2. The molecule has 1 aliphatic rings. The Kier molecular flexibility index (Phi) is 6.32. The molecule has 33 heavy (non-hydrogen) atoms. The minimum absolute atomic E-state index is 0.0356. The zero-order chi connectivity index (χ0) is 23.5. The van der Waals surface area contributed by atoms with Crippen LogP contribution in [0.5, 0.6) is 17.2 Å². The Morgan fingerprint density at radius 3 is 2.42 bits per heavy atom. The second-order valence-corrected chi connectivity index (χ2v) is 7.93. The van der Waals surface area contributed by atoms with Crippen molar-refractivity contribution in [3.8, 4) is 17.2 Å². The number of hydrogen-bond acceptors (Lipinski definition) is 8. The Hall–Kier alpha value is -3.85. The molecule has 0 saturated carbocycles. The van der Waals surface area contributed by atoms with Crippen LogP contribution in [0.2, 0.25) is 0 Å². The third-order valence-corrected chi connectivity index (χ3v) is 6.00. The number of amides is 1. The number of nitrogens with zero attached hydrogens (tertiary/aromatic N) is 2. The van der Waals surface area contributed by atoms with Crippen LogP contribution in [0.1, 0.15) is 24.1 Å². The highest BCUT2D eigenvalue weighted by molar-refractivity contribution is 7.14. The summed E-state index contributed by atoms with van der Waals surface area (Å²) in [4.78, 5) is 31.7. The molecule has 2 aromatic carbocycles. The van der Waals surface area contributed by atoms with Gasteiger partial charge in [0.25, 0.3) is 5.78 Å². The third-order valence-electron chi connectivity index (χ3n) is 5.23. The predicted octanol–water partition coefficient (Wildman–Crippen LogP) is 4.19. The molecule has 0 bridgehead atoms. The van der Waals surface area contributed by atoms with E-state index in [0.717, 1.165) is 0 Å². The number of aliphatic hydroxyl groups is 1. The lowest BCUT2D eigenvalue weighted by atomic mass is 9.95. The molecule has 1 aromatic heterocycles. The first-order valence-electron chi connectivity index (χ1n) is 10.2. The molecule has 3 aromatic rings. The molecule has 1 fully saturated rings. The fourth-order valence-corrected chi connectivity index (χ4v) is 4.40. The van der Waals surface area contributed by atoms with Crippen molar-refractivity contribution in [1.29, 1.82) is 0 Å². The Labute approximate surface area is 194 Å². The van der Waals surface area contributed by atoms with Crippen LogP contribution in [0.4, 0.5) is 5.13 Å². The SMILES string of the molecule is CCOc1ccc(/C(O)=C2\C(=O)C(=O)N(c3nccs3)[C@H]2c2ccc(OC)c(OC)c2)cc1. The Morgan fingerprint density at radius 1 is 1.09 bits per heavy atom. The van der Waals surface area contributed by atoms with Gasteiger partial charge in [0, 0.05) is 17.1 Å². The number of carbonyl (C=O) groups excluding carboxylic acids is 2. The van der Waals surface area contributed by atoms with Gasteiger partial charge >= 0.3 is 5.91 Å². The molecule has 4 rings (SSSR count). The lowest BCUT2D eigenvalue weighted by Gasteiger charge is -2.23. The van der Waals surface area contributed by atoms with Crippen LogP contribution in [0.15, 0.2) is 59.6 Å². The quantitative estimate of drug-likeness (QED) is 0.317. The molecule has 1 atom stereocenters. The van der Waals surface area contributed by atoms with Crippen molar-refractivity contribution in [2.45, 2.75) is 13.0 Å². The molecular weight excluding hydrogens is 444 g/mol. The highest BCUT2D eigenvalue weighted by Gasteiger charge is 2.48. The summed E-state index contributed by atoms with van der Waals surface area (Å²) in [5.41, 5.74) is 0.919. The van der Waals surface area contributed by atoms with Gasteiger partial charge in [0.15, 0.2) is 16.6 Å². The summed E-state index contributed by atoms with van der Waals surface area (Å²) < 4.78 is 16.2. The Morgan fingerprint density at radius 2 is 1.82 bits per heavy atom. The summed E-state index contributed by atoms with van der Waals surface area (Å²) >= 11 is 1.22. The molecule has 1 N–H and O–H groups in total. The minimum atomic E-state index is -0.900. The molecular formula is C24H22N2O6S. The van der Waals surface area contributed by atoms with Gasteiger partial charge in [-0.2, -0.15) is 0 Å². The molecule has 1 aliphatic heterocycles. The third kappa shape index (κ3) is 4.03. The molecule has 1 amide bonds. The summed E-state index contributed by atoms with van der Waals surface area (Å²) in [5, 5.41) is 13.2. The monoisotopic (exact) mass is 466 g/mol. The van der Waals surface area contributed by atoms with Gasteiger partial charge in [0.1, 0.15) is 11.5 Å². The zero-order valence-corrected chi connectivity index (χ0v) is 19.1. The van der Waals surface area contributed by atoms with Gasteiger partial charge in [-0.25, -0.2) is 4.98 Å². The number of Topliss-reactive ketones (excluding diaryl/α,β-unsaturated/α-hetero) is 1. The van der Waals surface area contributed by atoms with Gasteiger partial charge in [0.05, 0.1) is 32.4 Å². The van der Waals surface area contributed by atoms with E-state index in [4.69, 9.17) is 14.2 Å². The van der Waals surface area contributed by atoms with E-state index in [1.807, 2.05) is 6.92 Å². The number of ether oxygens (including phenoxy) is 3. The van der Waals surface area contributed by atoms with E-state index < -0.39 is 17.7 Å². The minimum Gasteiger partial charge on any atom is -0.507 e. The largest absolute Gasteiger partial charge is 0.507 e. The fraction of sp³-hybridized carbons (Fsp3) is 0.208. The zero-order valence-electron chi connectivity index (χ0n) is 18.3. The summed E-state index contributed by atoms with van der Waals surface area (Å²) in [7, 11) is 3.02. The maximum atomic E-state index is 13.1. The smallest absolute Gasteiger partial charge is 0.301 e. The summed E-state index contributed by atoms with van der Waals surface area (Å²) in [5.74, 6) is -0.280. The normalized spacial score (nSPS) is 17.3. The van der Waals surface area contributed by atoms with E-state index in [1.54, 1.807) is 54.0 Å². The highest BCUT2D eigenvalue weighted by atomic mass is 32.1. The highest BCUT2D eigenvalue weighted by Crippen LogP contribution is 2.44. The number of rotatable bonds is 7. The maximum Gasteiger partial charge on any atom is 0.301 e. The number of hydrogen-bond donors (Lipinski definition) is 1. The first-order valence-corrected chi connectivity index (χ1v) is 11.0. The van der Waals surface area contributed by atoms with Crippen molar-refractivity contribution >= 4 is 33.9 Å². The fourth-order valence-electron chi connectivity index (χ4n) is 3.73. The number of carbonyl (C=O) groups is 2. The van der Waals surface area contributed by atoms with Gasteiger partial charge in [-0.15, -0.1) is 11.3 Å².